The van der Waals surface area contributed by atoms with Crippen LogP contribution in [0.1, 0.15) is 59.1 Å². The zero-order chi connectivity index (χ0) is 42.5. The Bertz CT molecular complexity index is 2960. The van der Waals surface area contributed by atoms with Gasteiger partial charge in [0.05, 0.1) is 11.1 Å². The van der Waals surface area contributed by atoms with Crippen molar-refractivity contribution in [2.75, 3.05) is 9.80 Å². The van der Waals surface area contributed by atoms with Crippen LogP contribution in [-0.4, -0.2) is 0 Å². The molecule has 0 heterocycles. The van der Waals surface area contributed by atoms with Crippen LogP contribution >= 0.6 is 0 Å². The van der Waals surface area contributed by atoms with Crippen molar-refractivity contribution in [2.24, 2.45) is 11.8 Å². The Hall–Kier alpha value is -7.42. The summed E-state index contributed by atoms with van der Waals surface area (Å²) in [5.41, 5.74) is 17.0. The fourth-order valence-electron chi connectivity index (χ4n) is 12.3. The molecule has 9 aromatic carbocycles. The second kappa shape index (κ2) is 15.7. The number of para-hydroxylation sites is 3. The average molecular weight is 823 g/mol. The van der Waals surface area contributed by atoms with Crippen LogP contribution in [-0.2, 0) is 10.8 Å². The van der Waals surface area contributed by atoms with Crippen molar-refractivity contribution < 1.29 is 0 Å². The van der Waals surface area contributed by atoms with Gasteiger partial charge in [0.1, 0.15) is 0 Å². The van der Waals surface area contributed by atoms with E-state index in [0.29, 0.717) is 5.92 Å². The second-order valence-corrected chi connectivity index (χ2v) is 18.1. The molecule has 64 heavy (non-hydrogen) atoms. The minimum atomic E-state index is -0.534. The zero-order valence-corrected chi connectivity index (χ0v) is 36.0. The van der Waals surface area contributed by atoms with Crippen LogP contribution in [0.3, 0.4) is 0 Å². The van der Waals surface area contributed by atoms with Crippen LogP contribution in [0.15, 0.2) is 243 Å². The monoisotopic (exact) mass is 822 g/mol. The van der Waals surface area contributed by atoms with Crippen molar-refractivity contribution in [1.29, 1.82) is 0 Å². The first-order valence-corrected chi connectivity index (χ1v) is 23.0. The van der Waals surface area contributed by atoms with Crippen LogP contribution in [0, 0.1) is 11.8 Å². The molecule has 0 saturated heterocycles. The molecular weight excluding hydrogens is 773 g/mol. The van der Waals surface area contributed by atoms with Crippen molar-refractivity contribution in [2.45, 2.75) is 36.5 Å². The van der Waals surface area contributed by atoms with Crippen LogP contribution in [0.5, 0.6) is 0 Å². The van der Waals surface area contributed by atoms with E-state index in [0.717, 1.165) is 28.7 Å². The quantitative estimate of drug-likeness (QED) is 0.136. The van der Waals surface area contributed by atoms with Crippen LogP contribution in [0.2, 0.25) is 0 Å². The summed E-state index contributed by atoms with van der Waals surface area (Å²) in [7, 11) is 0. The highest BCUT2D eigenvalue weighted by Gasteiger charge is 2.53. The van der Waals surface area contributed by atoms with E-state index in [9.17, 15) is 0 Å². The lowest BCUT2D eigenvalue weighted by Gasteiger charge is -2.40. The summed E-state index contributed by atoms with van der Waals surface area (Å²) in [6, 6.07) is 90.1. The van der Waals surface area contributed by atoms with Gasteiger partial charge in [0.25, 0.3) is 0 Å². The van der Waals surface area contributed by atoms with Gasteiger partial charge in [-0.05, 0) is 137 Å². The Kier molecular flexibility index (Phi) is 9.41. The van der Waals surface area contributed by atoms with Gasteiger partial charge in [0, 0.05) is 39.4 Å². The number of benzene rings is 9. The molecule has 3 aliphatic carbocycles. The van der Waals surface area contributed by atoms with Gasteiger partial charge in [-0.25, -0.2) is 0 Å². The third kappa shape index (κ3) is 6.00. The Morgan fingerprint density at radius 1 is 0.344 bits per heavy atom. The Morgan fingerprint density at radius 2 is 0.781 bits per heavy atom. The lowest BCUT2D eigenvalue weighted by Crippen LogP contribution is -2.34. The van der Waals surface area contributed by atoms with Gasteiger partial charge >= 0.3 is 0 Å². The van der Waals surface area contributed by atoms with Gasteiger partial charge in [0.15, 0.2) is 0 Å². The SMILES string of the molecule is c1ccc(N(c2ccccc2)c2ccc(C3(c4ccc(N(c5ccccc5)c5cccc6c5C(c5ccccc5)(c5ccccc5)c5ccccc5-6)cc4)CC4CCC3C4)cc2)cc1. The largest absolute Gasteiger partial charge is 0.311 e. The van der Waals surface area contributed by atoms with E-state index in [2.05, 4.69) is 252 Å². The molecular formula is C62H50N2. The van der Waals surface area contributed by atoms with Crippen LogP contribution < -0.4 is 9.80 Å². The molecule has 3 unspecified atom stereocenters. The molecule has 0 spiro atoms. The highest BCUT2D eigenvalue weighted by molar-refractivity contribution is 5.94. The van der Waals surface area contributed by atoms with E-state index >= 15 is 0 Å². The molecule has 0 radical (unpaired) electrons. The first-order valence-electron chi connectivity index (χ1n) is 23.0. The number of anilines is 6. The maximum atomic E-state index is 2.51. The van der Waals surface area contributed by atoms with Gasteiger partial charge < -0.3 is 9.80 Å². The molecule has 2 fully saturated rings. The predicted octanol–water partition coefficient (Wildman–Crippen LogP) is 16.1. The van der Waals surface area contributed by atoms with Crippen molar-refractivity contribution >= 4 is 34.1 Å². The van der Waals surface area contributed by atoms with E-state index in [1.54, 1.807) is 0 Å². The van der Waals surface area contributed by atoms with Gasteiger partial charge in [-0.1, -0.05) is 182 Å². The standard InChI is InChI=1S/C62H50N2/c1-6-19-48(20-7-1)62(49-21-8-2-9-22-49)58-31-17-16-29-56(58)57-30-18-32-59(60(57)62)64(53-27-14-5-15-28-53)55-41-37-47(38-42-55)61(44-45-33-34-50(61)43-45)46-35-39-54(40-36-46)63(51-23-10-3-11-24-51)52-25-12-4-13-26-52/h1-32,35-42,45,50H,33-34,43-44H2. The summed E-state index contributed by atoms with van der Waals surface area (Å²) in [5.74, 6) is 1.37. The molecule has 2 saturated carbocycles. The van der Waals surface area contributed by atoms with Crippen molar-refractivity contribution in [1.82, 2.24) is 0 Å². The topological polar surface area (TPSA) is 6.48 Å². The number of nitrogens with zero attached hydrogens (tertiary/aromatic N) is 2. The van der Waals surface area contributed by atoms with E-state index in [1.807, 2.05) is 0 Å². The fraction of sp³-hybridized carbons (Fsp3) is 0.129. The highest BCUT2D eigenvalue weighted by atomic mass is 15.1. The first kappa shape index (κ1) is 38.3. The maximum Gasteiger partial charge on any atom is 0.0734 e. The Labute approximate surface area is 377 Å². The summed E-state index contributed by atoms with van der Waals surface area (Å²) >= 11 is 0. The van der Waals surface area contributed by atoms with E-state index in [-0.39, 0.29) is 5.41 Å². The average Bonchev–Trinajstić information content (AvgIpc) is 4.09. The number of hydrogen-bond acceptors (Lipinski definition) is 2. The minimum absolute atomic E-state index is 0.0344. The smallest absolute Gasteiger partial charge is 0.0734 e. The maximum absolute atomic E-state index is 2.51. The van der Waals surface area contributed by atoms with Gasteiger partial charge in [-0.15, -0.1) is 0 Å². The number of hydrogen-bond donors (Lipinski definition) is 0. The van der Waals surface area contributed by atoms with E-state index in [1.165, 1.54) is 81.6 Å². The van der Waals surface area contributed by atoms with Crippen molar-refractivity contribution in [3.05, 3.63) is 276 Å². The minimum Gasteiger partial charge on any atom is -0.311 e. The van der Waals surface area contributed by atoms with Crippen LogP contribution in [0.25, 0.3) is 11.1 Å². The van der Waals surface area contributed by atoms with Gasteiger partial charge in [0.2, 0.25) is 0 Å². The molecule has 0 amide bonds. The molecule has 9 aromatic rings. The lowest BCUT2D eigenvalue weighted by atomic mass is 9.64. The molecule has 3 aliphatic rings. The number of rotatable bonds is 10. The predicted molar refractivity (Wildman–Crippen MR) is 266 cm³/mol. The van der Waals surface area contributed by atoms with Crippen molar-refractivity contribution in [3.8, 4) is 11.1 Å². The molecule has 3 atom stereocenters. The third-order valence-electron chi connectivity index (χ3n) is 14.9. The molecule has 0 aliphatic heterocycles. The molecule has 0 aromatic heterocycles. The van der Waals surface area contributed by atoms with Crippen molar-refractivity contribution in [3.63, 3.8) is 0 Å². The summed E-state index contributed by atoms with van der Waals surface area (Å²) in [6.45, 7) is 0. The summed E-state index contributed by atoms with van der Waals surface area (Å²) in [6.07, 6.45) is 5.12. The molecule has 308 valence electrons. The third-order valence-corrected chi connectivity index (χ3v) is 14.9. The number of fused-ring (bicyclic) bond motifs is 5. The fourth-order valence-corrected chi connectivity index (χ4v) is 12.3. The van der Waals surface area contributed by atoms with E-state index in [4.69, 9.17) is 0 Å². The summed E-state index contributed by atoms with van der Waals surface area (Å²) in [4.78, 5) is 4.88. The normalized spacial score (nSPS) is 18.9. The Balaban J connectivity index is 1.00. The van der Waals surface area contributed by atoms with Gasteiger partial charge in [-0.2, -0.15) is 0 Å². The summed E-state index contributed by atoms with van der Waals surface area (Å²) < 4.78 is 0. The molecule has 2 heteroatoms. The molecule has 0 N–H and O–H groups in total. The summed E-state index contributed by atoms with van der Waals surface area (Å²) in [5, 5.41) is 0. The Morgan fingerprint density at radius 3 is 1.28 bits per heavy atom. The molecule has 2 nitrogen and oxygen atoms in total. The lowest BCUT2D eigenvalue weighted by molar-refractivity contribution is 0.320. The first-order chi connectivity index (χ1) is 31.7. The highest BCUT2D eigenvalue weighted by Crippen LogP contribution is 2.62. The zero-order valence-electron chi connectivity index (χ0n) is 36.0. The van der Waals surface area contributed by atoms with E-state index < -0.39 is 5.41 Å². The van der Waals surface area contributed by atoms with Crippen LogP contribution in [0.4, 0.5) is 34.1 Å². The van der Waals surface area contributed by atoms with Gasteiger partial charge in [-0.3, -0.25) is 0 Å². The molecule has 12 rings (SSSR count). The second-order valence-electron chi connectivity index (χ2n) is 18.1. The molecule has 2 bridgehead atoms.